The quantitative estimate of drug-likeness (QED) is 0.781. The number of hydrogen-bond donors (Lipinski definition) is 2. The molecule has 1 aliphatic rings. The fourth-order valence-corrected chi connectivity index (χ4v) is 2.82. The number of hydrogen-bond acceptors (Lipinski definition) is 3. The normalized spacial score (nSPS) is 30.6. The fraction of sp³-hybridized carbons (Fsp3) is 0.750. The molecule has 90 valence electrons. The van der Waals surface area contributed by atoms with Crippen molar-refractivity contribution in [2.24, 2.45) is 12.8 Å². The topological polar surface area (TPSA) is 64.1 Å². The van der Waals surface area contributed by atoms with Gasteiger partial charge in [-0.15, -0.1) is 0 Å². The molecule has 1 aromatic heterocycles. The summed E-state index contributed by atoms with van der Waals surface area (Å²) in [5.41, 5.74) is 8.30. The SMILES string of the molecule is Cc1cn(C)nc1C1(CN)CCC(O)CC1. The first kappa shape index (κ1) is 11.6. The van der Waals surface area contributed by atoms with Crippen LogP contribution < -0.4 is 5.73 Å². The first-order chi connectivity index (χ1) is 7.57. The van der Waals surface area contributed by atoms with E-state index in [4.69, 9.17) is 5.73 Å². The van der Waals surface area contributed by atoms with E-state index in [-0.39, 0.29) is 11.5 Å². The number of rotatable bonds is 2. The zero-order valence-electron chi connectivity index (χ0n) is 10.1. The predicted octanol–water partition coefficient (Wildman–Crippen LogP) is 0.860. The van der Waals surface area contributed by atoms with Crippen LogP contribution in [0.3, 0.4) is 0 Å². The Bertz CT molecular complexity index is 364. The van der Waals surface area contributed by atoms with Crippen molar-refractivity contribution >= 4 is 0 Å². The summed E-state index contributed by atoms with van der Waals surface area (Å²) < 4.78 is 1.85. The average molecular weight is 223 g/mol. The first-order valence-corrected chi connectivity index (χ1v) is 5.96. The second-order valence-corrected chi connectivity index (χ2v) is 5.05. The van der Waals surface area contributed by atoms with Crippen LogP contribution in [0.5, 0.6) is 0 Å². The minimum Gasteiger partial charge on any atom is -0.393 e. The van der Waals surface area contributed by atoms with Gasteiger partial charge < -0.3 is 10.8 Å². The number of nitrogens with two attached hydrogens (primary N) is 1. The lowest BCUT2D eigenvalue weighted by molar-refractivity contribution is 0.0958. The van der Waals surface area contributed by atoms with Gasteiger partial charge in [-0.3, -0.25) is 4.68 Å². The summed E-state index contributed by atoms with van der Waals surface area (Å²) in [6.07, 6.45) is 5.46. The molecule has 0 saturated heterocycles. The van der Waals surface area contributed by atoms with Crippen LogP contribution in [0.2, 0.25) is 0 Å². The van der Waals surface area contributed by atoms with E-state index in [2.05, 4.69) is 12.0 Å². The fourth-order valence-electron chi connectivity index (χ4n) is 2.82. The Morgan fingerprint density at radius 3 is 2.62 bits per heavy atom. The van der Waals surface area contributed by atoms with Crippen molar-refractivity contribution in [1.29, 1.82) is 0 Å². The third-order valence-electron chi connectivity index (χ3n) is 3.82. The molecule has 0 spiro atoms. The molecule has 1 heterocycles. The second-order valence-electron chi connectivity index (χ2n) is 5.05. The van der Waals surface area contributed by atoms with Crippen molar-refractivity contribution in [3.05, 3.63) is 17.5 Å². The van der Waals surface area contributed by atoms with Crippen LogP contribution >= 0.6 is 0 Å². The summed E-state index contributed by atoms with van der Waals surface area (Å²) in [6, 6.07) is 0. The summed E-state index contributed by atoms with van der Waals surface area (Å²) in [4.78, 5) is 0. The van der Waals surface area contributed by atoms with Crippen molar-refractivity contribution in [3.8, 4) is 0 Å². The van der Waals surface area contributed by atoms with E-state index in [9.17, 15) is 5.11 Å². The highest BCUT2D eigenvalue weighted by atomic mass is 16.3. The molecule has 4 nitrogen and oxygen atoms in total. The molecular formula is C12H21N3O. The zero-order valence-corrected chi connectivity index (χ0v) is 10.1. The van der Waals surface area contributed by atoms with Gasteiger partial charge in [-0.25, -0.2) is 0 Å². The van der Waals surface area contributed by atoms with Gasteiger partial charge in [-0.1, -0.05) is 0 Å². The molecule has 16 heavy (non-hydrogen) atoms. The van der Waals surface area contributed by atoms with Gasteiger partial charge in [0, 0.05) is 25.2 Å². The van der Waals surface area contributed by atoms with E-state index >= 15 is 0 Å². The van der Waals surface area contributed by atoms with Gasteiger partial charge >= 0.3 is 0 Å². The first-order valence-electron chi connectivity index (χ1n) is 5.96. The maximum Gasteiger partial charge on any atom is 0.0727 e. The van der Waals surface area contributed by atoms with Crippen molar-refractivity contribution in [2.45, 2.75) is 44.1 Å². The molecular weight excluding hydrogens is 202 g/mol. The Hall–Kier alpha value is -0.870. The lowest BCUT2D eigenvalue weighted by Gasteiger charge is -2.37. The number of nitrogens with zero attached hydrogens (tertiary/aromatic N) is 2. The van der Waals surface area contributed by atoms with Gasteiger partial charge in [-0.05, 0) is 38.2 Å². The Morgan fingerprint density at radius 2 is 2.19 bits per heavy atom. The summed E-state index contributed by atoms with van der Waals surface area (Å²) in [6.45, 7) is 2.71. The summed E-state index contributed by atoms with van der Waals surface area (Å²) in [7, 11) is 1.94. The molecule has 1 aromatic rings. The highest BCUT2D eigenvalue weighted by molar-refractivity contribution is 5.26. The van der Waals surface area contributed by atoms with Gasteiger partial charge in [0.25, 0.3) is 0 Å². The smallest absolute Gasteiger partial charge is 0.0727 e. The van der Waals surface area contributed by atoms with Crippen LogP contribution in [-0.2, 0) is 12.5 Å². The van der Waals surface area contributed by atoms with Gasteiger partial charge in [0.05, 0.1) is 11.8 Å². The monoisotopic (exact) mass is 223 g/mol. The molecule has 3 N–H and O–H groups in total. The molecule has 0 unspecified atom stereocenters. The molecule has 1 saturated carbocycles. The van der Waals surface area contributed by atoms with Crippen molar-refractivity contribution in [3.63, 3.8) is 0 Å². The summed E-state index contributed by atoms with van der Waals surface area (Å²) in [5, 5.41) is 14.1. The van der Waals surface area contributed by atoms with E-state index in [1.54, 1.807) is 0 Å². The van der Waals surface area contributed by atoms with E-state index in [0.29, 0.717) is 6.54 Å². The number of aliphatic hydroxyl groups is 1. The van der Waals surface area contributed by atoms with Crippen LogP contribution in [0.25, 0.3) is 0 Å². The van der Waals surface area contributed by atoms with Crippen LogP contribution in [0.1, 0.15) is 36.9 Å². The minimum atomic E-state index is -0.149. The Balaban J connectivity index is 2.31. The third kappa shape index (κ3) is 1.87. The molecule has 0 bridgehead atoms. The zero-order chi connectivity index (χ0) is 11.8. The average Bonchev–Trinajstić information content (AvgIpc) is 2.60. The lowest BCUT2D eigenvalue weighted by atomic mass is 9.70. The molecule has 0 aliphatic heterocycles. The van der Waals surface area contributed by atoms with Gasteiger partial charge in [-0.2, -0.15) is 5.10 Å². The minimum absolute atomic E-state index is 0.00935. The van der Waals surface area contributed by atoms with Crippen LogP contribution in [-0.4, -0.2) is 27.5 Å². The largest absolute Gasteiger partial charge is 0.393 e. The molecule has 0 aromatic carbocycles. The number of aryl methyl sites for hydroxylation is 2. The number of aliphatic hydroxyl groups excluding tert-OH is 1. The predicted molar refractivity (Wildman–Crippen MR) is 63.2 cm³/mol. The highest BCUT2D eigenvalue weighted by Crippen LogP contribution is 2.39. The maximum atomic E-state index is 9.59. The molecule has 0 atom stereocenters. The van der Waals surface area contributed by atoms with Gasteiger partial charge in [0.2, 0.25) is 0 Å². The molecule has 1 fully saturated rings. The van der Waals surface area contributed by atoms with E-state index in [1.165, 1.54) is 5.56 Å². The molecule has 1 aliphatic carbocycles. The highest BCUT2D eigenvalue weighted by Gasteiger charge is 2.38. The van der Waals surface area contributed by atoms with E-state index < -0.39 is 0 Å². The van der Waals surface area contributed by atoms with Crippen LogP contribution in [0.4, 0.5) is 0 Å². The van der Waals surface area contributed by atoms with Crippen molar-refractivity contribution < 1.29 is 5.11 Å². The third-order valence-corrected chi connectivity index (χ3v) is 3.82. The second kappa shape index (κ2) is 4.18. The van der Waals surface area contributed by atoms with Crippen molar-refractivity contribution in [2.75, 3.05) is 6.54 Å². The molecule has 0 amide bonds. The Labute approximate surface area is 96.5 Å². The van der Waals surface area contributed by atoms with Crippen molar-refractivity contribution in [1.82, 2.24) is 9.78 Å². The molecule has 0 radical (unpaired) electrons. The number of aromatic nitrogens is 2. The van der Waals surface area contributed by atoms with Crippen LogP contribution in [0, 0.1) is 6.92 Å². The van der Waals surface area contributed by atoms with Gasteiger partial charge in [0.15, 0.2) is 0 Å². The Kier molecular flexibility index (Phi) is 3.04. The standard InChI is InChI=1S/C12H21N3O/c1-9-7-15(2)14-11(9)12(8-13)5-3-10(16)4-6-12/h7,10,16H,3-6,8,13H2,1-2H3. The van der Waals surface area contributed by atoms with E-state index in [1.807, 2.05) is 17.9 Å². The molecule has 4 heteroatoms. The molecule has 2 rings (SSSR count). The maximum absolute atomic E-state index is 9.59. The van der Waals surface area contributed by atoms with Crippen LogP contribution in [0.15, 0.2) is 6.20 Å². The van der Waals surface area contributed by atoms with E-state index in [0.717, 1.165) is 31.4 Å². The van der Waals surface area contributed by atoms with Gasteiger partial charge in [0.1, 0.15) is 0 Å². The Morgan fingerprint density at radius 1 is 1.56 bits per heavy atom. The lowest BCUT2D eigenvalue weighted by Crippen LogP contribution is -2.41. The summed E-state index contributed by atoms with van der Waals surface area (Å²) in [5.74, 6) is 0. The summed E-state index contributed by atoms with van der Waals surface area (Å²) >= 11 is 0.